The van der Waals surface area contributed by atoms with Crippen molar-refractivity contribution in [1.29, 1.82) is 0 Å². The lowest BCUT2D eigenvalue weighted by Crippen LogP contribution is -2.29. The smallest absolute Gasteiger partial charge is 0.0348 e. The maximum absolute atomic E-state index is 3.62. The fourth-order valence-electron chi connectivity index (χ4n) is 5.05. The van der Waals surface area contributed by atoms with E-state index in [0.717, 1.165) is 23.7 Å². The monoisotopic (exact) mass is 269 g/mol. The number of fused-ring (bicyclic) bond motifs is 2. The molecule has 0 radical (unpaired) electrons. The highest BCUT2D eigenvalue weighted by molar-refractivity contribution is 5.29. The molecule has 2 bridgehead atoms. The molecule has 4 unspecified atom stereocenters. The molecule has 1 aromatic rings. The Hall–Kier alpha value is -0.820. The summed E-state index contributed by atoms with van der Waals surface area (Å²) in [5, 5.41) is 3.62. The predicted octanol–water partition coefficient (Wildman–Crippen LogP) is 4.65. The van der Waals surface area contributed by atoms with Gasteiger partial charge in [-0.25, -0.2) is 0 Å². The summed E-state index contributed by atoms with van der Waals surface area (Å²) in [5.41, 5.74) is 3.09. The van der Waals surface area contributed by atoms with Gasteiger partial charge in [0, 0.05) is 6.04 Å². The number of hydrogen-bond acceptors (Lipinski definition) is 1. The Morgan fingerprint density at radius 2 is 1.80 bits per heavy atom. The van der Waals surface area contributed by atoms with Gasteiger partial charge in [-0.05, 0) is 74.0 Å². The van der Waals surface area contributed by atoms with Crippen molar-refractivity contribution in [2.24, 2.45) is 17.8 Å². The summed E-state index contributed by atoms with van der Waals surface area (Å²) in [6.45, 7) is 0. The highest BCUT2D eigenvalue weighted by Gasteiger charge is 2.43. The van der Waals surface area contributed by atoms with Crippen LogP contribution in [0.25, 0.3) is 0 Å². The first-order valence-electron chi connectivity index (χ1n) is 8.62. The molecule has 108 valence electrons. The molecule has 3 aliphatic rings. The van der Waals surface area contributed by atoms with Gasteiger partial charge >= 0.3 is 0 Å². The van der Waals surface area contributed by atoms with Crippen molar-refractivity contribution < 1.29 is 0 Å². The predicted molar refractivity (Wildman–Crippen MR) is 83.8 cm³/mol. The minimum Gasteiger partial charge on any atom is -0.313 e. The van der Waals surface area contributed by atoms with Crippen molar-refractivity contribution in [2.75, 3.05) is 7.05 Å². The van der Waals surface area contributed by atoms with Crippen LogP contribution in [0.1, 0.15) is 68.0 Å². The van der Waals surface area contributed by atoms with Gasteiger partial charge in [-0.15, -0.1) is 0 Å². The summed E-state index contributed by atoms with van der Waals surface area (Å²) in [6, 6.07) is 10.2. The fraction of sp³-hybridized carbons (Fsp3) is 0.684. The van der Waals surface area contributed by atoms with Gasteiger partial charge in [0.25, 0.3) is 0 Å². The second-order valence-electron chi connectivity index (χ2n) is 7.40. The summed E-state index contributed by atoms with van der Waals surface area (Å²) in [5.74, 6) is 3.77. The van der Waals surface area contributed by atoms with E-state index in [0.29, 0.717) is 6.04 Å². The van der Waals surface area contributed by atoms with Gasteiger partial charge in [-0.3, -0.25) is 0 Å². The third-order valence-corrected chi connectivity index (χ3v) is 6.40. The SMILES string of the molecule is CNC(c1ccc(C2CCC2)cc1)C1CC2CCC1C2. The first kappa shape index (κ1) is 12.9. The van der Waals surface area contributed by atoms with Crippen LogP contribution in [-0.4, -0.2) is 7.05 Å². The summed E-state index contributed by atoms with van der Waals surface area (Å²) >= 11 is 0. The van der Waals surface area contributed by atoms with E-state index < -0.39 is 0 Å². The van der Waals surface area contributed by atoms with Crippen molar-refractivity contribution in [1.82, 2.24) is 5.32 Å². The molecule has 0 spiro atoms. The van der Waals surface area contributed by atoms with E-state index in [2.05, 4.69) is 36.6 Å². The molecule has 0 saturated heterocycles. The number of nitrogens with one attached hydrogen (secondary N) is 1. The molecular weight excluding hydrogens is 242 g/mol. The molecule has 20 heavy (non-hydrogen) atoms. The van der Waals surface area contributed by atoms with Crippen LogP contribution in [0.15, 0.2) is 24.3 Å². The molecule has 3 saturated carbocycles. The van der Waals surface area contributed by atoms with Gasteiger partial charge in [-0.1, -0.05) is 37.1 Å². The second-order valence-corrected chi connectivity index (χ2v) is 7.40. The molecule has 3 fully saturated rings. The molecule has 1 aromatic carbocycles. The lowest BCUT2D eigenvalue weighted by atomic mass is 9.78. The molecule has 4 atom stereocenters. The number of benzene rings is 1. The zero-order valence-electron chi connectivity index (χ0n) is 12.6. The minimum absolute atomic E-state index is 0.584. The lowest BCUT2D eigenvalue weighted by molar-refractivity contribution is 0.259. The molecule has 0 aromatic heterocycles. The highest BCUT2D eigenvalue weighted by Crippen LogP contribution is 2.52. The van der Waals surface area contributed by atoms with Crippen LogP contribution in [0.2, 0.25) is 0 Å². The third kappa shape index (κ3) is 2.11. The third-order valence-electron chi connectivity index (χ3n) is 6.40. The second kappa shape index (κ2) is 5.18. The first-order chi connectivity index (χ1) is 9.85. The van der Waals surface area contributed by atoms with E-state index in [4.69, 9.17) is 0 Å². The maximum Gasteiger partial charge on any atom is 0.0348 e. The van der Waals surface area contributed by atoms with Crippen molar-refractivity contribution >= 4 is 0 Å². The summed E-state index contributed by atoms with van der Waals surface area (Å²) in [7, 11) is 2.15. The first-order valence-corrected chi connectivity index (χ1v) is 8.62. The summed E-state index contributed by atoms with van der Waals surface area (Å²) in [6.07, 6.45) is 10.2. The molecule has 0 heterocycles. The Labute approximate surface area is 123 Å². The molecule has 0 amide bonds. The van der Waals surface area contributed by atoms with Crippen LogP contribution >= 0.6 is 0 Å². The zero-order chi connectivity index (χ0) is 13.5. The van der Waals surface area contributed by atoms with Crippen LogP contribution < -0.4 is 5.32 Å². The van der Waals surface area contributed by atoms with E-state index in [9.17, 15) is 0 Å². The normalized spacial score (nSPS) is 34.1. The molecule has 1 N–H and O–H groups in total. The quantitative estimate of drug-likeness (QED) is 0.839. The van der Waals surface area contributed by atoms with Crippen molar-refractivity contribution in [3.8, 4) is 0 Å². The fourth-order valence-corrected chi connectivity index (χ4v) is 5.05. The molecule has 1 heteroatoms. The Kier molecular flexibility index (Phi) is 3.34. The average molecular weight is 269 g/mol. The lowest BCUT2D eigenvalue weighted by Gasteiger charge is -2.31. The molecule has 0 aliphatic heterocycles. The molecule has 3 aliphatic carbocycles. The Morgan fingerprint density at radius 3 is 2.30 bits per heavy atom. The van der Waals surface area contributed by atoms with E-state index in [1.165, 1.54) is 50.5 Å². The minimum atomic E-state index is 0.584. The van der Waals surface area contributed by atoms with Gasteiger partial charge in [0.2, 0.25) is 0 Å². The van der Waals surface area contributed by atoms with Crippen molar-refractivity contribution in [2.45, 2.75) is 56.9 Å². The number of rotatable bonds is 4. The summed E-state index contributed by atoms with van der Waals surface area (Å²) < 4.78 is 0. The van der Waals surface area contributed by atoms with Crippen LogP contribution in [0, 0.1) is 17.8 Å². The van der Waals surface area contributed by atoms with Crippen LogP contribution in [-0.2, 0) is 0 Å². The average Bonchev–Trinajstić information content (AvgIpc) is 3.02. The standard InChI is InChI=1S/C19H27N/c1-20-19(18-12-13-5-6-17(18)11-13)16-9-7-15(8-10-16)14-3-2-4-14/h7-10,13-14,17-20H,2-6,11-12H2,1H3. The molecule has 4 rings (SSSR count). The van der Waals surface area contributed by atoms with Crippen molar-refractivity contribution in [3.05, 3.63) is 35.4 Å². The zero-order valence-corrected chi connectivity index (χ0v) is 12.6. The maximum atomic E-state index is 3.62. The van der Waals surface area contributed by atoms with Crippen LogP contribution in [0.3, 0.4) is 0 Å². The van der Waals surface area contributed by atoms with Gasteiger partial charge in [-0.2, -0.15) is 0 Å². The van der Waals surface area contributed by atoms with E-state index >= 15 is 0 Å². The Balaban J connectivity index is 1.52. The van der Waals surface area contributed by atoms with Crippen molar-refractivity contribution in [3.63, 3.8) is 0 Å². The van der Waals surface area contributed by atoms with Gasteiger partial charge in [0.15, 0.2) is 0 Å². The van der Waals surface area contributed by atoms with E-state index in [1.54, 1.807) is 5.56 Å². The van der Waals surface area contributed by atoms with Gasteiger partial charge in [0.05, 0.1) is 0 Å². The van der Waals surface area contributed by atoms with Gasteiger partial charge < -0.3 is 5.32 Å². The highest BCUT2D eigenvalue weighted by atomic mass is 14.9. The van der Waals surface area contributed by atoms with Gasteiger partial charge in [0.1, 0.15) is 0 Å². The number of hydrogen-bond donors (Lipinski definition) is 1. The largest absolute Gasteiger partial charge is 0.313 e. The Morgan fingerprint density at radius 1 is 1.00 bits per heavy atom. The summed E-state index contributed by atoms with van der Waals surface area (Å²) in [4.78, 5) is 0. The Bertz CT molecular complexity index is 459. The van der Waals surface area contributed by atoms with E-state index in [-0.39, 0.29) is 0 Å². The molecule has 1 nitrogen and oxygen atoms in total. The molecular formula is C19H27N. The van der Waals surface area contributed by atoms with E-state index in [1.807, 2.05) is 0 Å². The van der Waals surface area contributed by atoms with Crippen LogP contribution in [0.5, 0.6) is 0 Å². The van der Waals surface area contributed by atoms with Crippen LogP contribution in [0.4, 0.5) is 0 Å². The topological polar surface area (TPSA) is 12.0 Å².